The first kappa shape index (κ1) is 14.1. The fourth-order valence-electron chi connectivity index (χ4n) is 2.39. The van der Waals surface area contributed by atoms with Crippen molar-refractivity contribution in [2.24, 2.45) is 0 Å². The Bertz CT molecular complexity index is 503. The van der Waals surface area contributed by atoms with Crippen LogP contribution in [0.25, 0.3) is 0 Å². The summed E-state index contributed by atoms with van der Waals surface area (Å²) < 4.78 is 0. The minimum absolute atomic E-state index is 0.00829. The van der Waals surface area contributed by atoms with Crippen molar-refractivity contribution in [1.82, 2.24) is 4.90 Å². The average Bonchev–Trinajstić information content (AvgIpc) is 2.53. The maximum atomic E-state index is 9.52. The van der Waals surface area contributed by atoms with Gasteiger partial charge in [-0.2, -0.15) is 5.26 Å². The zero-order chi connectivity index (χ0) is 14.2. The van der Waals surface area contributed by atoms with Crippen molar-refractivity contribution in [3.05, 3.63) is 71.8 Å². The van der Waals surface area contributed by atoms with Gasteiger partial charge in [-0.1, -0.05) is 74.0 Å². The predicted molar refractivity (Wildman–Crippen MR) is 82.0 cm³/mol. The van der Waals surface area contributed by atoms with Crippen LogP contribution in [0.3, 0.4) is 0 Å². The monoisotopic (exact) mass is 264 g/mol. The molecule has 0 heterocycles. The molecule has 0 aliphatic rings. The lowest BCUT2D eigenvalue weighted by molar-refractivity contribution is 0.326. The molecule has 0 fully saturated rings. The van der Waals surface area contributed by atoms with E-state index in [1.807, 2.05) is 41.3 Å². The van der Waals surface area contributed by atoms with Crippen molar-refractivity contribution in [3.8, 4) is 6.19 Å². The molecule has 0 aliphatic carbocycles. The van der Waals surface area contributed by atoms with Crippen molar-refractivity contribution < 1.29 is 0 Å². The summed E-state index contributed by atoms with van der Waals surface area (Å²) in [6.45, 7) is 2.94. The second-order valence-corrected chi connectivity index (χ2v) is 4.87. The van der Waals surface area contributed by atoms with Gasteiger partial charge in [-0.15, -0.1) is 0 Å². The molecule has 0 N–H and O–H groups in total. The highest BCUT2D eigenvalue weighted by atomic mass is 15.1. The van der Waals surface area contributed by atoms with Crippen molar-refractivity contribution in [2.75, 3.05) is 6.54 Å². The van der Waals surface area contributed by atoms with Crippen LogP contribution in [0, 0.1) is 11.5 Å². The zero-order valence-electron chi connectivity index (χ0n) is 11.9. The standard InChI is InChI=1S/C18H20N2/c1-2-3-14-20(15-19)18(16-10-6-4-7-11-16)17-12-8-5-9-13-17/h4-13,18H,2-3,14H2,1H3. The Labute approximate surface area is 121 Å². The zero-order valence-corrected chi connectivity index (χ0v) is 11.9. The summed E-state index contributed by atoms with van der Waals surface area (Å²) in [5.41, 5.74) is 2.33. The fourth-order valence-corrected chi connectivity index (χ4v) is 2.39. The topological polar surface area (TPSA) is 27.0 Å². The van der Waals surface area contributed by atoms with Gasteiger partial charge in [0.15, 0.2) is 6.19 Å². The number of hydrogen-bond donors (Lipinski definition) is 0. The number of nitrogens with zero attached hydrogens (tertiary/aromatic N) is 2. The highest BCUT2D eigenvalue weighted by Gasteiger charge is 2.20. The van der Waals surface area contributed by atoms with Crippen molar-refractivity contribution in [1.29, 1.82) is 5.26 Å². The Hall–Kier alpha value is -2.27. The van der Waals surface area contributed by atoms with Gasteiger partial charge in [0, 0.05) is 6.54 Å². The summed E-state index contributed by atoms with van der Waals surface area (Å²) >= 11 is 0. The first-order valence-corrected chi connectivity index (χ1v) is 7.13. The van der Waals surface area contributed by atoms with Crippen LogP contribution in [-0.2, 0) is 0 Å². The molecule has 0 amide bonds. The Morgan fingerprint density at radius 1 is 0.950 bits per heavy atom. The van der Waals surface area contributed by atoms with Crippen LogP contribution in [-0.4, -0.2) is 11.4 Å². The largest absolute Gasteiger partial charge is 0.299 e. The molecule has 0 aliphatic heterocycles. The van der Waals surface area contributed by atoms with E-state index in [1.165, 1.54) is 0 Å². The number of hydrogen-bond acceptors (Lipinski definition) is 2. The lowest BCUT2D eigenvalue weighted by Crippen LogP contribution is -2.26. The molecule has 20 heavy (non-hydrogen) atoms. The highest BCUT2D eigenvalue weighted by Crippen LogP contribution is 2.28. The van der Waals surface area contributed by atoms with Gasteiger partial charge in [-0.3, -0.25) is 4.90 Å². The van der Waals surface area contributed by atoms with E-state index in [-0.39, 0.29) is 6.04 Å². The van der Waals surface area contributed by atoms with Gasteiger partial charge in [-0.25, -0.2) is 0 Å². The van der Waals surface area contributed by atoms with Gasteiger partial charge in [0.25, 0.3) is 0 Å². The molecule has 102 valence electrons. The van der Waals surface area contributed by atoms with Gasteiger partial charge >= 0.3 is 0 Å². The van der Waals surface area contributed by atoms with Crippen LogP contribution in [0.5, 0.6) is 0 Å². The quantitative estimate of drug-likeness (QED) is 0.572. The Morgan fingerprint density at radius 3 is 1.85 bits per heavy atom. The smallest absolute Gasteiger partial charge is 0.180 e. The lowest BCUT2D eigenvalue weighted by atomic mass is 9.97. The summed E-state index contributed by atoms with van der Waals surface area (Å²) in [7, 11) is 0. The maximum Gasteiger partial charge on any atom is 0.180 e. The average molecular weight is 264 g/mol. The molecule has 2 aromatic carbocycles. The lowest BCUT2D eigenvalue weighted by Gasteiger charge is -2.27. The molecule has 2 rings (SSSR count). The molecule has 0 radical (unpaired) electrons. The summed E-state index contributed by atoms with van der Waals surface area (Å²) in [6.07, 6.45) is 4.49. The molecule has 0 saturated heterocycles. The van der Waals surface area contributed by atoms with E-state index in [2.05, 4.69) is 37.4 Å². The van der Waals surface area contributed by atoms with Crippen LogP contribution in [0.4, 0.5) is 0 Å². The van der Waals surface area contributed by atoms with Gasteiger partial charge in [0.2, 0.25) is 0 Å². The minimum atomic E-state index is 0.00829. The first-order valence-electron chi connectivity index (χ1n) is 7.13. The Balaban J connectivity index is 2.37. The maximum absolute atomic E-state index is 9.52. The van der Waals surface area contributed by atoms with E-state index in [4.69, 9.17) is 0 Å². The minimum Gasteiger partial charge on any atom is -0.299 e. The van der Waals surface area contributed by atoms with E-state index < -0.39 is 0 Å². The molecular formula is C18H20N2. The van der Waals surface area contributed by atoms with Gasteiger partial charge in [0.05, 0.1) is 6.04 Å². The van der Waals surface area contributed by atoms with E-state index in [9.17, 15) is 5.26 Å². The second-order valence-electron chi connectivity index (χ2n) is 4.87. The number of nitriles is 1. The molecule has 0 bridgehead atoms. The van der Waals surface area contributed by atoms with E-state index in [0.717, 1.165) is 30.5 Å². The second kappa shape index (κ2) is 7.35. The molecule has 2 nitrogen and oxygen atoms in total. The van der Waals surface area contributed by atoms with Crippen molar-refractivity contribution in [2.45, 2.75) is 25.8 Å². The third-order valence-electron chi connectivity index (χ3n) is 3.42. The molecule has 2 aromatic rings. The van der Waals surface area contributed by atoms with E-state index in [1.54, 1.807) is 0 Å². The van der Waals surface area contributed by atoms with Crippen molar-refractivity contribution >= 4 is 0 Å². The molecule has 0 aromatic heterocycles. The van der Waals surface area contributed by atoms with Gasteiger partial charge in [0.1, 0.15) is 0 Å². The number of unbranched alkanes of at least 4 members (excludes halogenated alkanes) is 1. The van der Waals surface area contributed by atoms with Crippen LogP contribution in [0.2, 0.25) is 0 Å². The van der Waals surface area contributed by atoms with Crippen LogP contribution in [0.15, 0.2) is 60.7 Å². The Morgan fingerprint density at radius 2 is 1.45 bits per heavy atom. The van der Waals surface area contributed by atoms with E-state index >= 15 is 0 Å². The van der Waals surface area contributed by atoms with Crippen molar-refractivity contribution in [3.63, 3.8) is 0 Å². The molecule has 0 saturated carbocycles. The normalized spacial score (nSPS) is 10.2. The SMILES string of the molecule is CCCCN(C#N)C(c1ccccc1)c1ccccc1. The van der Waals surface area contributed by atoms with Crippen LogP contribution in [0.1, 0.15) is 36.9 Å². The van der Waals surface area contributed by atoms with Crippen LogP contribution < -0.4 is 0 Å². The fraction of sp³-hybridized carbons (Fsp3) is 0.278. The summed E-state index contributed by atoms with van der Waals surface area (Å²) in [4.78, 5) is 1.88. The number of rotatable bonds is 6. The summed E-state index contributed by atoms with van der Waals surface area (Å²) in [5, 5.41) is 9.52. The molecule has 2 heteroatoms. The molecule has 0 unspecified atom stereocenters. The van der Waals surface area contributed by atoms with Crippen LogP contribution >= 0.6 is 0 Å². The predicted octanol–water partition coefficient (Wildman–Crippen LogP) is 4.36. The van der Waals surface area contributed by atoms with Gasteiger partial charge < -0.3 is 0 Å². The van der Waals surface area contributed by atoms with Gasteiger partial charge in [-0.05, 0) is 17.5 Å². The first-order chi connectivity index (χ1) is 9.86. The summed E-state index contributed by atoms with van der Waals surface area (Å²) in [5.74, 6) is 0. The third-order valence-corrected chi connectivity index (χ3v) is 3.42. The van der Waals surface area contributed by atoms with E-state index in [0.29, 0.717) is 0 Å². The summed E-state index contributed by atoms with van der Waals surface area (Å²) in [6, 6.07) is 20.5. The molecule has 0 atom stereocenters. The Kier molecular flexibility index (Phi) is 5.20. The molecular weight excluding hydrogens is 244 g/mol. The number of benzene rings is 2. The molecule has 0 spiro atoms. The highest BCUT2D eigenvalue weighted by molar-refractivity contribution is 5.32. The third kappa shape index (κ3) is 3.39.